The Kier molecular flexibility index (Phi) is 4.00. The van der Waals surface area contributed by atoms with E-state index in [4.69, 9.17) is 0 Å². The molecule has 0 aliphatic carbocycles. The molecule has 0 fully saturated rings. The lowest BCUT2D eigenvalue weighted by Crippen LogP contribution is -2.11. The number of carbonyl (C=O) groups is 1. The molecule has 0 radical (unpaired) electrons. The topological polar surface area (TPSA) is 59.8 Å². The van der Waals surface area contributed by atoms with Crippen LogP contribution in [0.5, 0.6) is 0 Å². The van der Waals surface area contributed by atoms with Crippen LogP contribution >= 0.6 is 11.3 Å². The van der Waals surface area contributed by atoms with Crippen molar-refractivity contribution in [3.05, 3.63) is 65.2 Å². The van der Waals surface area contributed by atoms with E-state index in [0.717, 1.165) is 21.6 Å². The quantitative estimate of drug-likeness (QED) is 0.585. The summed E-state index contributed by atoms with van der Waals surface area (Å²) in [6, 6.07) is 9.55. The molecule has 1 amide bonds. The van der Waals surface area contributed by atoms with Crippen molar-refractivity contribution >= 4 is 34.0 Å². The van der Waals surface area contributed by atoms with Gasteiger partial charge in [-0.3, -0.25) is 4.79 Å². The summed E-state index contributed by atoms with van der Waals surface area (Å²) in [5.41, 5.74) is 3.02. The van der Waals surface area contributed by atoms with Crippen molar-refractivity contribution in [2.24, 2.45) is 7.05 Å². The number of aryl methyl sites for hydroxylation is 2. The minimum atomic E-state index is -0.344. The van der Waals surface area contributed by atoms with Crippen LogP contribution in [0.25, 0.3) is 21.6 Å². The smallest absolute Gasteiger partial charge is 0.267 e. The van der Waals surface area contributed by atoms with Crippen LogP contribution in [0.2, 0.25) is 0 Å². The maximum Gasteiger partial charge on any atom is 0.267 e. The zero-order valence-electron chi connectivity index (χ0n) is 14.2. The highest BCUT2D eigenvalue weighted by atomic mass is 32.1. The SMILES string of the molecule is Cc1nc(-c2cn(C)c3ncccc23)sc1C(=O)Nc1ccc(F)cc1. The van der Waals surface area contributed by atoms with Crippen molar-refractivity contribution in [1.82, 2.24) is 14.5 Å². The molecule has 4 rings (SSSR count). The number of anilines is 1. The first-order chi connectivity index (χ1) is 12.5. The maximum absolute atomic E-state index is 13.0. The Morgan fingerprint density at radius 2 is 2.00 bits per heavy atom. The normalized spacial score (nSPS) is 11.0. The maximum atomic E-state index is 13.0. The number of benzene rings is 1. The number of nitrogens with zero attached hydrogens (tertiary/aromatic N) is 3. The molecule has 0 saturated carbocycles. The number of nitrogens with one attached hydrogen (secondary N) is 1. The Morgan fingerprint density at radius 1 is 1.23 bits per heavy atom. The highest BCUT2D eigenvalue weighted by Crippen LogP contribution is 2.33. The summed E-state index contributed by atoms with van der Waals surface area (Å²) < 4.78 is 14.9. The number of thiazole rings is 1. The van der Waals surface area contributed by atoms with Crippen LogP contribution in [-0.2, 0) is 7.05 Å². The van der Waals surface area contributed by atoms with Gasteiger partial charge in [0, 0.05) is 36.1 Å². The minimum absolute atomic E-state index is 0.254. The molecule has 0 aliphatic rings. The van der Waals surface area contributed by atoms with Crippen LogP contribution in [0.3, 0.4) is 0 Å². The molecule has 0 aliphatic heterocycles. The number of pyridine rings is 1. The lowest BCUT2D eigenvalue weighted by atomic mass is 10.2. The molecule has 0 spiro atoms. The average molecular weight is 366 g/mol. The number of halogens is 1. The summed E-state index contributed by atoms with van der Waals surface area (Å²) in [5, 5.41) is 4.54. The molecule has 5 nitrogen and oxygen atoms in total. The summed E-state index contributed by atoms with van der Waals surface area (Å²) in [7, 11) is 1.93. The summed E-state index contributed by atoms with van der Waals surface area (Å²) in [5.74, 6) is -0.597. The molecular weight excluding hydrogens is 351 g/mol. The van der Waals surface area contributed by atoms with Gasteiger partial charge in [-0.15, -0.1) is 11.3 Å². The van der Waals surface area contributed by atoms with Gasteiger partial charge in [0.15, 0.2) is 0 Å². The van der Waals surface area contributed by atoms with Gasteiger partial charge in [-0.2, -0.15) is 0 Å². The average Bonchev–Trinajstić information content (AvgIpc) is 3.18. The van der Waals surface area contributed by atoms with E-state index in [9.17, 15) is 9.18 Å². The van der Waals surface area contributed by atoms with Crippen LogP contribution in [0.4, 0.5) is 10.1 Å². The van der Waals surface area contributed by atoms with E-state index in [1.165, 1.54) is 35.6 Å². The second kappa shape index (κ2) is 6.34. The van der Waals surface area contributed by atoms with Crippen molar-refractivity contribution in [2.45, 2.75) is 6.92 Å². The largest absolute Gasteiger partial charge is 0.335 e. The number of rotatable bonds is 3. The molecule has 130 valence electrons. The first-order valence-corrected chi connectivity index (χ1v) is 8.79. The number of carbonyl (C=O) groups excluding carboxylic acids is 1. The molecule has 7 heteroatoms. The highest BCUT2D eigenvalue weighted by Gasteiger charge is 2.19. The summed E-state index contributed by atoms with van der Waals surface area (Å²) in [4.78, 5) is 22.1. The van der Waals surface area contributed by atoms with Crippen LogP contribution in [-0.4, -0.2) is 20.4 Å². The zero-order valence-corrected chi connectivity index (χ0v) is 15.0. The zero-order chi connectivity index (χ0) is 18.3. The first kappa shape index (κ1) is 16.4. The van der Waals surface area contributed by atoms with Gasteiger partial charge >= 0.3 is 0 Å². The second-order valence-electron chi connectivity index (χ2n) is 5.92. The van der Waals surface area contributed by atoms with E-state index in [-0.39, 0.29) is 11.7 Å². The molecule has 0 atom stereocenters. The molecule has 0 saturated heterocycles. The monoisotopic (exact) mass is 366 g/mol. The Labute approximate surface area is 153 Å². The fourth-order valence-corrected chi connectivity index (χ4v) is 3.81. The number of hydrogen-bond donors (Lipinski definition) is 1. The first-order valence-electron chi connectivity index (χ1n) is 7.97. The molecule has 3 heterocycles. The Bertz CT molecular complexity index is 1110. The molecule has 1 N–H and O–H groups in total. The van der Waals surface area contributed by atoms with Crippen LogP contribution in [0.15, 0.2) is 48.8 Å². The van der Waals surface area contributed by atoms with Crippen molar-refractivity contribution in [2.75, 3.05) is 5.32 Å². The van der Waals surface area contributed by atoms with Gasteiger partial charge in [0.2, 0.25) is 0 Å². The Balaban J connectivity index is 1.68. The van der Waals surface area contributed by atoms with Gasteiger partial charge in [0.25, 0.3) is 5.91 Å². The summed E-state index contributed by atoms with van der Waals surface area (Å²) >= 11 is 1.33. The fourth-order valence-electron chi connectivity index (χ4n) is 2.83. The van der Waals surface area contributed by atoms with Gasteiger partial charge in [-0.05, 0) is 43.3 Å². The van der Waals surface area contributed by atoms with Crippen molar-refractivity contribution < 1.29 is 9.18 Å². The van der Waals surface area contributed by atoms with Crippen molar-refractivity contribution in [1.29, 1.82) is 0 Å². The molecule has 3 aromatic heterocycles. The van der Waals surface area contributed by atoms with E-state index in [0.29, 0.717) is 16.3 Å². The number of aromatic nitrogens is 3. The third-order valence-corrected chi connectivity index (χ3v) is 5.26. The van der Waals surface area contributed by atoms with Gasteiger partial charge in [-0.25, -0.2) is 14.4 Å². The Morgan fingerprint density at radius 3 is 2.77 bits per heavy atom. The lowest BCUT2D eigenvalue weighted by Gasteiger charge is -2.03. The second-order valence-corrected chi connectivity index (χ2v) is 6.92. The van der Waals surface area contributed by atoms with E-state index in [1.54, 1.807) is 6.20 Å². The molecule has 4 aromatic rings. The predicted molar refractivity (Wildman–Crippen MR) is 101 cm³/mol. The summed E-state index contributed by atoms with van der Waals surface area (Å²) in [6.45, 7) is 1.81. The Hall–Kier alpha value is -3.06. The third-order valence-electron chi connectivity index (χ3n) is 4.07. The third kappa shape index (κ3) is 2.86. The van der Waals surface area contributed by atoms with Crippen LogP contribution < -0.4 is 5.32 Å². The molecular formula is C19H15FN4OS. The number of hydrogen-bond acceptors (Lipinski definition) is 4. The van der Waals surface area contributed by atoms with Gasteiger partial charge in [-0.1, -0.05) is 0 Å². The van der Waals surface area contributed by atoms with Crippen molar-refractivity contribution in [3.8, 4) is 10.6 Å². The van der Waals surface area contributed by atoms with Gasteiger partial charge in [0.05, 0.1) is 5.69 Å². The number of amides is 1. The highest BCUT2D eigenvalue weighted by molar-refractivity contribution is 7.17. The van der Waals surface area contributed by atoms with E-state index < -0.39 is 0 Å². The number of fused-ring (bicyclic) bond motifs is 1. The lowest BCUT2D eigenvalue weighted by molar-refractivity contribution is 0.103. The molecule has 0 unspecified atom stereocenters. The molecule has 1 aromatic carbocycles. The van der Waals surface area contributed by atoms with E-state index >= 15 is 0 Å². The standard InChI is InChI=1S/C19H15FN4OS/c1-11-16(18(25)23-13-7-5-12(20)6-8-13)26-19(22-11)15-10-24(2)17-14(15)4-3-9-21-17/h3-10H,1-2H3,(H,23,25). The summed E-state index contributed by atoms with van der Waals surface area (Å²) in [6.07, 6.45) is 3.72. The van der Waals surface area contributed by atoms with Gasteiger partial charge in [0.1, 0.15) is 21.3 Å². The fraction of sp³-hybridized carbons (Fsp3) is 0.105. The van der Waals surface area contributed by atoms with Crippen molar-refractivity contribution in [3.63, 3.8) is 0 Å². The van der Waals surface area contributed by atoms with E-state index in [1.807, 2.05) is 36.9 Å². The van der Waals surface area contributed by atoms with Crippen LogP contribution in [0.1, 0.15) is 15.4 Å². The van der Waals surface area contributed by atoms with Gasteiger partial charge < -0.3 is 9.88 Å². The van der Waals surface area contributed by atoms with Crippen LogP contribution in [0, 0.1) is 12.7 Å². The predicted octanol–water partition coefficient (Wildman–Crippen LogP) is 4.40. The minimum Gasteiger partial charge on any atom is -0.335 e. The van der Waals surface area contributed by atoms with E-state index in [2.05, 4.69) is 15.3 Å². The molecule has 26 heavy (non-hydrogen) atoms. The molecule has 0 bridgehead atoms.